The molecule has 1 aromatic heterocycles. The van der Waals surface area contributed by atoms with E-state index in [2.05, 4.69) is 5.32 Å². The normalized spacial score (nSPS) is 10.1. The molecule has 2 rings (SSSR count). The van der Waals surface area contributed by atoms with Gasteiger partial charge in [-0.15, -0.1) is 11.3 Å². The number of methoxy groups -OCH3 is 1. The maximum atomic E-state index is 11.9. The van der Waals surface area contributed by atoms with E-state index in [0.717, 1.165) is 16.9 Å². The Morgan fingerprint density at radius 3 is 2.75 bits per heavy atom. The molecule has 1 aromatic carbocycles. The zero-order valence-corrected chi connectivity index (χ0v) is 11.6. The van der Waals surface area contributed by atoms with Gasteiger partial charge in [-0.25, -0.2) is 4.79 Å². The van der Waals surface area contributed by atoms with E-state index in [1.165, 1.54) is 6.07 Å². The second kappa shape index (κ2) is 6.21. The molecule has 0 aliphatic carbocycles. The van der Waals surface area contributed by atoms with Crippen LogP contribution in [0.2, 0.25) is 0 Å². The van der Waals surface area contributed by atoms with Crippen LogP contribution in [0.5, 0.6) is 5.75 Å². The molecule has 0 aliphatic heterocycles. The SMILES string of the molecule is COc1cccc(CC(=O)Nc2ccc(C(=O)O)s2)c1. The van der Waals surface area contributed by atoms with Crippen LogP contribution in [0.1, 0.15) is 15.2 Å². The lowest BCUT2D eigenvalue weighted by atomic mass is 10.1. The molecular weight excluding hydrogens is 278 g/mol. The molecule has 1 amide bonds. The average Bonchev–Trinajstić information content (AvgIpc) is 2.87. The number of hydrogen-bond acceptors (Lipinski definition) is 4. The summed E-state index contributed by atoms with van der Waals surface area (Å²) in [5.74, 6) is -0.500. The van der Waals surface area contributed by atoms with E-state index in [9.17, 15) is 9.59 Å². The number of thiophene rings is 1. The van der Waals surface area contributed by atoms with E-state index in [0.29, 0.717) is 10.8 Å². The van der Waals surface area contributed by atoms with E-state index in [1.807, 2.05) is 12.1 Å². The summed E-state index contributed by atoms with van der Waals surface area (Å²) in [4.78, 5) is 22.8. The molecule has 0 aliphatic rings. The Labute approximate surface area is 119 Å². The fraction of sp³-hybridized carbons (Fsp3) is 0.143. The van der Waals surface area contributed by atoms with Gasteiger partial charge in [0.1, 0.15) is 10.6 Å². The van der Waals surface area contributed by atoms with E-state index in [1.54, 1.807) is 25.3 Å². The molecule has 6 heteroatoms. The number of nitrogens with one attached hydrogen (secondary N) is 1. The molecule has 2 aromatic rings. The highest BCUT2D eigenvalue weighted by Crippen LogP contribution is 2.22. The van der Waals surface area contributed by atoms with Crippen molar-refractivity contribution < 1.29 is 19.4 Å². The van der Waals surface area contributed by atoms with Gasteiger partial charge >= 0.3 is 5.97 Å². The van der Waals surface area contributed by atoms with Crippen molar-refractivity contribution in [2.24, 2.45) is 0 Å². The van der Waals surface area contributed by atoms with Crippen molar-refractivity contribution in [2.75, 3.05) is 12.4 Å². The zero-order valence-electron chi connectivity index (χ0n) is 10.8. The number of carboxylic acid groups (broad SMARTS) is 1. The molecule has 0 fully saturated rings. The fourth-order valence-corrected chi connectivity index (χ4v) is 2.43. The Hall–Kier alpha value is -2.34. The molecule has 104 valence electrons. The van der Waals surface area contributed by atoms with Crippen LogP contribution in [-0.2, 0) is 11.2 Å². The summed E-state index contributed by atoms with van der Waals surface area (Å²) < 4.78 is 5.09. The van der Waals surface area contributed by atoms with Crippen molar-refractivity contribution in [3.63, 3.8) is 0 Å². The first-order valence-corrected chi connectivity index (χ1v) is 6.66. The number of ether oxygens (including phenoxy) is 1. The van der Waals surface area contributed by atoms with Gasteiger partial charge < -0.3 is 15.2 Å². The molecule has 0 atom stereocenters. The van der Waals surface area contributed by atoms with Gasteiger partial charge in [0.15, 0.2) is 0 Å². The second-order valence-electron chi connectivity index (χ2n) is 4.05. The fourth-order valence-electron chi connectivity index (χ4n) is 1.67. The van der Waals surface area contributed by atoms with Crippen molar-refractivity contribution in [1.82, 2.24) is 0 Å². The van der Waals surface area contributed by atoms with E-state index in [4.69, 9.17) is 9.84 Å². The van der Waals surface area contributed by atoms with Gasteiger partial charge in [-0.3, -0.25) is 4.79 Å². The van der Waals surface area contributed by atoms with Crippen molar-refractivity contribution in [3.05, 3.63) is 46.8 Å². The first-order valence-electron chi connectivity index (χ1n) is 5.84. The van der Waals surface area contributed by atoms with Crippen LogP contribution < -0.4 is 10.1 Å². The molecule has 0 spiro atoms. The number of carbonyl (C=O) groups is 2. The average molecular weight is 291 g/mol. The number of amides is 1. The van der Waals surface area contributed by atoms with Crippen LogP contribution in [0.3, 0.4) is 0 Å². The van der Waals surface area contributed by atoms with Crippen LogP contribution in [0, 0.1) is 0 Å². The standard InChI is InChI=1S/C14H13NO4S/c1-19-10-4-2-3-9(7-10)8-12(16)15-13-6-5-11(20-13)14(17)18/h2-7H,8H2,1H3,(H,15,16)(H,17,18). The van der Waals surface area contributed by atoms with Gasteiger partial charge in [0.25, 0.3) is 0 Å². The third kappa shape index (κ3) is 3.58. The predicted molar refractivity (Wildman–Crippen MR) is 76.6 cm³/mol. The summed E-state index contributed by atoms with van der Waals surface area (Å²) in [5, 5.41) is 12.0. The summed E-state index contributed by atoms with van der Waals surface area (Å²) in [6.45, 7) is 0. The quantitative estimate of drug-likeness (QED) is 0.888. The van der Waals surface area contributed by atoms with Crippen LogP contribution in [0.25, 0.3) is 0 Å². The number of rotatable bonds is 5. The molecule has 0 radical (unpaired) electrons. The van der Waals surface area contributed by atoms with Crippen LogP contribution >= 0.6 is 11.3 Å². The Morgan fingerprint density at radius 1 is 1.30 bits per heavy atom. The van der Waals surface area contributed by atoms with Crippen LogP contribution in [0.4, 0.5) is 5.00 Å². The predicted octanol–water partition coefficient (Wildman–Crippen LogP) is 2.64. The smallest absolute Gasteiger partial charge is 0.345 e. The molecule has 5 nitrogen and oxygen atoms in total. The lowest BCUT2D eigenvalue weighted by molar-refractivity contribution is -0.115. The molecule has 2 N–H and O–H groups in total. The van der Waals surface area contributed by atoms with Crippen molar-refractivity contribution in [3.8, 4) is 5.75 Å². The van der Waals surface area contributed by atoms with Crippen LogP contribution in [-0.4, -0.2) is 24.1 Å². The Kier molecular flexibility index (Phi) is 4.37. The highest BCUT2D eigenvalue weighted by atomic mass is 32.1. The number of benzene rings is 1. The molecule has 0 saturated carbocycles. The number of anilines is 1. The number of hydrogen-bond donors (Lipinski definition) is 2. The summed E-state index contributed by atoms with van der Waals surface area (Å²) in [7, 11) is 1.57. The molecule has 0 unspecified atom stereocenters. The first-order chi connectivity index (χ1) is 9.58. The van der Waals surface area contributed by atoms with E-state index < -0.39 is 5.97 Å². The van der Waals surface area contributed by atoms with Gasteiger partial charge in [-0.2, -0.15) is 0 Å². The van der Waals surface area contributed by atoms with Crippen LogP contribution in [0.15, 0.2) is 36.4 Å². The summed E-state index contributed by atoms with van der Waals surface area (Å²) in [6.07, 6.45) is 0.206. The Bertz CT molecular complexity index is 636. The summed E-state index contributed by atoms with van der Waals surface area (Å²) >= 11 is 1.03. The lowest BCUT2D eigenvalue weighted by Crippen LogP contribution is -2.13. The first kappa shape index (κ1) is 14.1. The molecule has 0 bridgehead atoms. The van der Waals surface area contributed by atoms with E-state index >= 15 is 0 Å². The molecule has 1 heterocycles. The Balaban J connectivity index is 1.99. The highest BCUT2D eigenvalue weighted by molar-refractivity contribution is 7.18. The van der Waals surface area contributed by atoms with E-state index in [-0.39, 0.29) is 17.2 Å². The molecule has 0 saturated heterocycles. The minimum Gasteiger partial charge on any atom is -0.497 e. The maximum absolute atomic E-state index is 11.9. The number of carboxylic acids is 1. The number of aromatic carboxylic acids is 1. The lowest BCUT2D eigenvalue weighted by Gasteiger charge is -2.05. The summed E-state index contributed by atoms with van der Waals surface area (Å²) in [5.41, 5.74) is 0.830. The topological polar surface area (TPSA) is 75.6 Å². The van der Waals surface area contributed by atoms with Gasteiger partial charge in [0.2, 0.25) is 5.91 Å². The third-order valence-corrected chi connectivity index (χ3v) is 3.57. The largest absolute Gasteiger partial charge is 0.497 e. The van der Waals surface area contributed by atoms with Gasteiger partial charge in [-0.1, -0.05) is 12.1 Å². The minimum absolute atomic E-state index is 0.196. The zero-order chi connectivity index (χ0) is 14.5. The minimum atomic E-state index is -0.997. The van der Waals surface area contributed by atoms with Crippen molar-refractivity contribution in [1.29, 1.82) is 0 Å². The molecule has 20 heavy (non-hydrogen) atoms. The second-order valence-corrected chi connectivity index (χ2v) is 5.13. The third-order valence-electron chi connectivity index (χ3n) is 2.58. The maximum Gasteiger partial charge on any atom is 0.345 e. The Morgan fingerprint density at radius 2 is 2.10 bits per heavy atom. The van der Waals surface area contributed by atoms with Gasteiger partial charge in [0.05, 0.1) is 18.5 Å². The van der Waals surface area contributed by atoms with Crippen molar-refractivity contribution >= 4 is 28.2 Å². The van der Waals surface area contributed by atoms with Gasteiger partial charge in [0, 0.05) is 0 Å². The summed E-state index contributed by atoms with van der Waals surface area (Å²) in [6, 6.07) is 10.3. The van der Waals surface area contributed by atoms with Gasteiger partial charge in [-0.05, 0) is 29.8 Å². The number of carbonyl (C=O) groups excluding carboxylic acids is 1. The van der Waals surface area contributed by atoms with Crippen molar-refractivity contribution in [2.45, 2.75) is 6.42 Å². The monoisotopic (exact) mass is 291 g/mol. The highest BCUT2D eigenvalue weighted by Gasteiger charge is 2.10. The molecular formula is C14H13NO4S.